The number of aryl methyl sites for hydroxylation is 1. The predicted molar refractivity (Wildman–Crippen MR) is 106 cm³/mol. The van der Waals surface area contributed by atoms with E-state index in [4.69, 9.17) is 11.6 Å². The first-order valence-electron chi connectivity index (χ1n) is 8.38. The Balaban J connectivity index is 0.00000210. The molecule has 4 rings (SSSR count). The first-order chi connectivity index (χ1) is 12.6. The van der Waals surface area contributed by atoms with Gasteiger partial charge in [-0.25, -0.2) is 0 Å². The second-order valence-electron chi connectivity index (χ2n) is 6.28. The van der Waals surface area contributed by atoms with Gasteiger partial charge in [0.05, 0.1) is 11.8 Å². The van der Waals surface area contributed by atoms with E-state index in [0.29, 0.717) is 34.9 Å². The molecule has 0 saturated heterocycles. The third-order valence-corrected chi connectivity index (χ3v) is 5.12. The van der Waals surface area contributed by atoms with E-state index in [-0.39, 0.29) is 23.9 Å². The van der Waals surface area contributed by atoms with Crippen LogP contribution in [0.4, 0.5) is 0 Å². The van der Waals surface area contributed by atoms with Gasteiger partial charge < -0.3 is 15.2 Å². The molecule has 3 aromatic rings. The Morgan fingerprint density at radius 1 is 1.37 bits per heavy atom. The van der Waals surface area contributed by atoms with Crippen molar-refractivity contribution >= 4 is 35.6 Å². The van der Waals surface area contributed by atoms with Gasteiger partial charge in [0, 0.05) is 43.8 Å². The van der Waals surface area contributed by atoms with Gasteiger partial charge in [-0.3, -0.25) is 9.59 Å². The van der Waals surface area contributed by atoms with Crippen LogP contribution in [-0.2, 0) is 26.6 Å². The number of hydrogen-bond acceptors (Lipinski definition) is 4. The third-order valence-electron chi connectivity index (χ3n) is 4.75. The Morgan fingerprint density at radius 2 is 2.15 bits per heavy atom. The number of benzene rings is 1. The van der Waals surface area contributed by atoms with Crippen molar-refractivity contribution in [2.24, 2.45) is 7.05 Å². The number of aromatic nitrogens is 3. The smallest absolute Gasteiger partial charge is 0.279 e. The summed E-state index contributed by atoms with van der Waals surface area (Å²) in [6, 6.07) is 7.35. The second kappa shape index (κ2) is 7.72. The molecule has 0 bridgehead atoms. The molecule has 1 aliphatic heterocycles. The van der Waals surface area contributed by atoms with E-state index < -0.39 is 0 Å². The zero-order chi connectivity index (χ0) is 18.3. The molecule has 2 N–H and O–H groups in total. The number of nitrogens with one attached hydrogen (secondary N) is 2. The number of carbonyl (C=O) groups excluding carboxylic acids is 1. The monoisotopic (exact) mass is 407 g/mol. The summed E-state index contributed by atoms with van der Waals surface area (Å²) in [6.07, 6.45) is 2.18. The molecule has 7 nitrogen and oxygen atoms in total. The maximum Gasteiger partial charge on any atom is 0.279 e. The van der Waals surface area contributed by atoms with Crippen molar-refractivity contribution < 1.29 is 4.79 Å². The highest BCUT2D eigenvalue weighted by Crippen LogP contribution is 2.17. The van der Waals surface area contributed by atoms with Gasteiger partial charge in [0.1, 0.15) is 5.56 Å². The number of amides is 1. The molecular formula is C18H19Cl2N5O2. The molecule has 2 aromatic heterocycles. The summed E-state index contributed by atoms with van der Waals surface area (Å²) in [4.78, 5) is 25.4. The van der Waals surface area contributed by atoms with Gasteiger partial charge in [0.15, 0.2) is 5.65 Å². The average Bonchev–Trinajstić information content (AvgIpc) is 3.11. The summed E-state index contributed by atoms with van der Waals surface area (Å²) < 4.78 is 3.20. The van der Waals surface area contributed by atoms with Crippen LogP contribution in [0.25, 0.3) is 5.65 Å². The van der Waals surface area contributed by atoms with Gasteiger partial charge in [-0.2, -0.15) is 9.61 Å². The van der Waals surface area contributed by atoms with Crippen LogP contribution in [-0.4, -0.2) is 26.6 Å². The van der Waals surface area contributed by atoms with E-state index >= 15 is 0 Å². The molecule has 1 aromatic carbocycles. The molecule has 0 aliphatic carbocycles. The fourth-order valence-corrected chi connectivity index (χ4v) is 3.59. The van der Waals surface area contributed by atoms with E-state index in [1.54, 1.807) is 6.07 Å². The molecule has 0 radical (unpaired) electrons. The summed E-state index contributed by atoms with van der Waals surface area (Å²) in [7, 11) is 1.87. The second-order valence-corrected chi connectivity index (χ2v) is 6.69. The van der Waals surface area contributed by atoms with Gasteiger partial charge in [-0.15, -0.1) is 12.4 Å². The SMILES string of the molecule is Cl.Cn1c2c(c(=O)n3ncc(C(=O)NCc4ccccc4Cl)c13)CNCC2. The van der Waals surface area contributed by atoms with E-state index in [1.807, 2.05) is 29.8 Å². The van der Waals surface area contributed by atoms with Crippen molar-refractivity contribution in [1.82, 2.24) is 24.8 Å². The minimum atomic E-state index is -0.288. The summed E-state index contributed by atoms with van der Waals surface area (Å²) in [6.45, 7) is 1.63. The lowest BCUT2D eigenvalue weighted by Gasteiger charge is -2.20. The molecule has 0 atom stereocenters. The summed E-state index contributed by atoms with van der Waals surface area (Å²) in [5.74, 6) is -0.288. The molecule has 1 aliphatic rings. The van der Waals surface area contributed by atoms with E-state index in [9.17, 15) is 9.59 Å². The Bertz CT molecular complexity index is 1070. The minimum absolute atomic E-state index is 0. The van der Waals surface area contributed by atoms with Crippen molar-refractivity contribution in [1.29, 1.82) is 0 Å². The Hall–Kier alpha value is -2.35. The number of fused-ring (bicyclic) bond motifs is 2. The highest BCUT2D eigenvalue weighted by atomic mass is 35.5. The number of hydrogen-bond donors (Lipinski definition) is 2. The van der Waals surface area contributed by atoms with Crippen molar-refractivity contribution in [3.63, 3.8) is 0 Å². The van der Waals surface area contributed by atoms with Crippen molar-refractivity contribution in [3.8, 4) is 0 Å². The molecule has 0 fully saturated rings. The molecule has 1 amide bonds. The highest BCUT2D eigenvalue weighted by Gasteiger charge is 2.23. The van der Waals surface area contributed by atoms with Crippen LogP contribution in [0.15, 0.2) is 35.3 Å². The predicted octanol–water partition coefficient (Wildman–Crippen LogP) is 1.68. The van der Waals surface area contributed by atoms with Gasteiger partial charge in [0.2, 0.25) is 0 Å². The van der Waals surface area contributed by atoms with Crippen molar-refractivity contribution in [3.05, 3.63) is 68.2 Å². The van der Waals surface area contributed by atoms with Crippen molar-refractivity contribution in [2.75, 3.05) is 6.54 Å². The minimum Gasteiger partial charge on any atom is -0.348 e. The van der Waals surface area contributed by atoms with Gasteiger partial charge in [0.25, 0.3) is 11.5 Å². The van der Waals surface area contributed by atoms with Crippen molar-refractivity contribution in [2.45, 2.75) is 19.5 Å². The van der Waals surface area contributed by atoms with Crippen LogP contribution >= 0.6 is 24.0 Å². The quantitative estimate of drug-likeness (QED) is 0.691. The largest absolute Gasteiger partial charge is 0.348 e. The molecule has 3 heterocycles. The van der Waals surface area contributed by atoms with E-state index in [2.05, 4.69) is 15.7 Å². The van der Waals surface area contributed by atoms with Crippen LogP contribution in [0.5, 0.6) is 0 Å². The average molecular weight is 408 g/mol. The molecule has 9 heteroatoms. The normalized spacial score (nSPS) is 13.1. The number of carbonyl (C=O) groups is 1. The fourth-order valence-electron chi connectivity index (χ4n) is 3.38. The highest BCUT2D eigenvalue weighted by molar-refractivity contribution is 6.31. The molecule has 0 saturated carbocycles. The third kappa shape index (κ3) is 3.34. The van der Waals surface area contributed by atoms with E-state index in [0.717, 1.165) is 24.2 Å². The Kier molecular flexibility index (Phi) is 5.55. The van der Waals surface area contributed by atoms with Crippen LogP contribution < -0.4 is 16.2 Å². The van der Waals surface area contributed by atoms with Crippen LogP contribution in [0.2, 0.25) is 5.02 Å². The number of nitrogens with zero attached hydrogens (tertiary/aromatic N) is 3. The van der Waals surface area contributed by atoms with Crippen LogP contribution in [0.1, 0.15) is 27.2 Å². The van der Waals surface area contributed by atoms with Gasteiger partial charge in [-0.1, -0.05) is 29.8 Å². The first-order valence-corrected chi connectivity index (χ1v) is 8.76. The standard InChI is InChI=1S/C18H18ClN5O2.ClH/c1-23-15-6-7-20-9-12(15)18(26)24-17(23)13(10-22-24)16(25)21-8-11-4-2-3-5-14(11)19;/h2-5,10,20H,6-9H2,1H3,(H,21,25);1H. The zero-order valence-corrected chi connectivity index (χ0v) is 16.2. The molecule has 0 spiro atoms. The van der Waals surface area contributed by atoms with Gasteiger partial charge >= 0.3 is 0 Å². The molecular weight excluding hydrogens is 389 g/mol. The number of halogens is 2. The molecule has 0 unspecified atom stereocenters. The molecule has 142 valence electrons. The Labute approximate surface area is 166 Å². The Morgan fingerprint density at radius 3 is 2.93 bits per heavy atom. The summed E-state index contributed by atoms with van der Waals surface area (Å²) in [5, 5.41) is 10.8. The lowest BCUT2D eigenvalue weighted by atomic mass is 10.1. The summed E-state index contributed by atoms with van der Waals surface area (Å²) >= 11 is 6.13. The van der Waals surface area contributed by atoms with Crippen LogP contribution in [0, 0.1) is 0 Å². The fraction of sp³-hybridized carbons (Fsp3) is 0.278. The van der Waals surface area contributed by atoms with E-state index in [1.165, 1.54) is 10.7 Å². The first kappa shape index (κ1) is 19.4. The molecule has 27 heavy (non-hydrogen) atoms. The summed E-state index contributed by atoms with van der Waals surface area (Å²) in [5.41, 5.74) is 3.19. The van der Waals surface area contributed by atoms with Crippen LogP contribution in [0.3, 0.4) is 0 Å². The lowest BCUT2D eigenvalue weighted by Crippen LogP contribution is -2.35. The zero-order valence-electron chi connectivity index (χ0n) is 14.7. The van der Waals surface area contributed by atoms with Gasteiger partial charge in [-0.05, 0) is 11.6 Å². The lowest BCUT2D eigenvalue weighted by molar-refractivity contribution is 0.0952. The maximum absolute atomic E-state index is 12.7. The topological polar surface area (TPSA) is 80.4 Å². The number of rotatable bonds is 3. The maximum atomic E-state index is 12.7.